The Morgan fingerprint density at radius 3 is 2.55 bits per heavy atom. The lowest BCUT2D eigenvalue weighted by atomic mass is 10.1. The van der Waals surface area contributed by atoms with Gasteiger partial charge in [-0.3, -0.25) is 9.36 Å². The smallest absolute Gasteiger partial charge is 0.261 e. The highest BCUT2D eigenvalue weighted by molar-refractivity contribution is 5.80. The molecule has 0 aliphatic carbocycles. The van der Waals surface area contributed by atoms with Gasteiger partial charge in [-0.1, -0.05) is 35.9 Å². The van der Waals surface area contributed by atoms with Gasteiger partial charge in [0.25, 0.3) is 5.56 Å². The second-order valence-electron chi connectivity index (χ2n) is 7.85. The van der Waals surface area contributed by atoms with Gasteiger partial charge in [0, 0.05) is 12.1 Å². The van der Waals surface area contributed by atoms with Gasteiger partial charge < -0.3 is 15.2 Å². The van der Waals surface area contributed by atoms with E-state index in [1.165, 1.54) is 0 Å². The summed E-state index contributed by atoms with van der Waals surface area (Å²) < 4.78 is 12.5. The molecule has 0 fully saturated rings. The van der Waals surface area contributed by atoms with Crippen LogP contribution in [0.25, 0.3) is 23.1 Å². The van der Waals surface area contributed by atoms with E-state index in [4.69, 9.17) is 20.2 Å². The van der Waals surface area contributed by atoms with Crippen molar-refractivity contribution >= 4 is 23.1 Å². The van der Waals surface area contributed by atoms with Crippen molar-refractivity contribution in [3.63, 3.8) is 0 Å². The van der Waals surface area contributed by atoms with Crippen molar-refractivity contribution < 1.29 is 9.47 Å². The van der Waals surface area contributed by atoms with Crippen LogP contribution >= 0.6 is 0 Å². The van der Waals surface area contributed by atoms with Crippen molar-refractivity contribution in [3.05, 3.63) is 99.1 Å². The van der Waals surface area contributed by atoms with Gasteiger partial charge >= 0.3 is 0 Å². The number of rotatable bonds is 7. The minimum Gasteiger partial charge on any atom is -0.497 e. The second kappa shape index (κ2) is 9.71. The Morgan fingerprint density at radius 2 is 1.79 bits per heavy atom. The maximum Gasteiger partial charge on any atom is 0.261 e. The number of nitrogens with two attached hydrogens (primary N) is 1. The van der Waals surface area contributed by atoms with Crippen molar-refractivity contribution in [1.29, 1.82) is 0 Å². The van der Waals surface area contributed by atoms with Crippen LogP contribution in [0.15, 0.2) is 65.5 Å². The van der Waals surface area contributed by atoms with Gasteiger partial charge in [-0.2, -0.15) is 0 Å². The van der Waals surface area contributed by atoms with E-state index in [0.29, 0.717) is 41.3 Å². The topological polar surface area (TPSA) is 79.4 Å². The molecule has 0 amide bonds. The van der Waals surface area contributed by atoms with Crippen LogP contribution in [-0.4, -0.2) is 23.8 Å². The highest BCUT2D eigenvalue weighted by Gasteiger charge is 2.11. The summed E-state index contributed by atoms with van der Waals surface area (Å²) in [6.07, 6.45) is 3.72. The zero-order valence-electron chi connectivity index (χ0n) is 19.0. The third-order valence-electron chi connectivity index (χ3n) is 5.56. The van der Waals surface area contributed by atoms with Crippen LogP contribution in [0.1, 0.15) is 28.1 Å². The van der Waals surface area contributed by atoms with Gasteiger partial charge in [0.15, 0.2) is 0 Å². The van der Waals surface area contributed by atoms with E-state index in [1.807, 2.05) is 79.7 Å². The normalized spacial score (nSPS) is 11.3. The Morgan fingerprint density at radius 1 is 0.970 bits per heavy atom. The van der Waals surface area contributed by atoms with Gasteiger partial charge in [0.05, 0.1) is 31.7 Å². The Balaban J connectivity index is 1.86. The molecule has 4 aromatic rings. The number of fused-ring (bicyclic) bond motifs is 1. The van der Waals surface area contributed by atoms with E-state index in [1.54, 1.807) is 18.8 Å². The Labute approximate surface area is 192 Å². The number of methoxy groups -OCH3 is 2. The molecule has 168 valence electrons. The summed E-state index contributed by atoms with van der Waals surface area (Å²) >= 11 is 0. The van der Waals surface area contributed by atoms with Gasteiger partial charge in [-0.05, 0) is 60.5 Å². The molecule has 0 saturated heterocycles. The van der Waals surface area contributed by atoms with E-state index in [2.05, 4.69) is 0 Å². The maximum atomic E-state index is 13.5. The molecule has 0 aliphatic rings. The third-order valence-corrected chi connectivity index (χ3v) is 5.56. The summed E-state index contributed by atoms with van der Waals surface area (Å²) in [5.41, 5.74) is 10.2. The fourth-order valence-electron chi connectivity index (χ4n) is 3.80. The van der Waals surface area contributed by atoms with E-state index < -0.39 is 0 Å². The predicted molar refractivity (Wildman–Crippen MR) is 133 cm³/mol. The van der Waals surface area contributed by atoms with E-state index >= 15 is 0 Å². The summed E-state index contributed by atoms with van der Waals surface area (Å²) in [5.74, 6) is 1.97. The number of nitrogens with zero attached hydrogens (tertiary/aromatic N) is 2. The van der Waals surface area contributed by atoms with Crippen molar-refractivity contribution in [1.82, 2.24) is 9.55 Å². The molecule has 0 saturated carbocycles. The summed E-state index contributed by atoms with van der Waals surface area (Å²) in [5, 5.41) is 0.598. The molecular formula is C27H27N3O3. The number of benzene rings is 3. The molecule has 1 aromatic heterocycles. The van der Waals surface area contributed by atoms with E-state index in [-0.39, 0.29) is 5.56 Å². The molecule has 0 unspecified atom stereocenters. The molecule has 0 bridgehead atoms. The summed E-state index contributed by atoms with van der Waals surface area (Å²) in [4.78, 5) is 18.3. The standard InChI is InChI=1S/C27H27N3O3/c1-18-7-10-24-23(13-18)27(31)30(17-20-6-4-5-19(14-20)16-28)26(29-24)12-8-21-15-22(32-2)9-11-25(21)33-3/h4-15H,16-17,28H2,1-3H3/b12-8+. The molecule has 6 nitrogen and oxygen atoms in total. The lowest BCUT2D eigenvalue weighted by molar-refractivity contribution is 0.402. The zero-order valence-corrected chi connectivity index (χ0v) is 19.0. The number of hydrogen-bond acceptors (Lipinski definition) is 5. The first-order chi connectivity index (χ1) is 16.0. The van der Waals surface area contributed by atoms with Gasteiger partial charge in [0.1, 0.15) is 17.3 Å². The van der Waals surface area contributed by atoms with Gasteiger partial charge in [-0.15, -0.1) is 0 Å². The molecule has 33 heavy (non-hydrogen) atoms. The Bertz CT molecular complexity index is 1390. The SMILES string of the molecule is COc1ccc(OC)c(/C=C/c2nc3ccc(C)cc3c(=O)n2Cc2cccc(CN)c2)c1. The van der Waals surface area contributed by atoms with Crippen molar-refractivity contribution in [2.45, 2.75) is 20.0 Å². The van der Waals surface area contributed by atoms with Gasteiger partial charge in [-0.25, -0.2) is 4.98 Å². The summed E-state index contributed by atoms with van der Waals surface area (Å²) in [6, 6.07) is 19.2. The Kier molecular flexibility index (Phi) is 6.56. The Hall–Kier alpha value is -3.90. The molecule has 1 heterocycles. The first kappa shape index (κ1) is 22.3. The monoisotopic (exact) mass is 441 g/mol. The van der Waals surface area contributed by atoms with Crippen LogP contribution in [-0.2, 0) is 13.1 Å². The van der Waals surface area contributed by atoms with Crippen LogP contribution in [0, 0.1) is 6.92 Å². The maximum absolute atomic E-state index is 13.5. The average Bonchev–Trinajstić information content (AvgIpc) is 2.85. The third kappa shape index (κ3) is 4.81. The molecule has 0 spiro atoms. The summed E-state index contributed by atoms with van der Waals surface area (Å²) in [6.45, 7) is 2.80. The van der Waals surface area contributed by atoms with E-state index in [9.17, 15) is 4.79 Å². The largest absolute Gasteiger partial charge is 0.497 e. The molecule has 2 N–H and O–H groups in total. The molecule has 6 heteroatoms. The van der Waals surface area contributed by atoms with Gasteiger partial charge in [0.2, 0.25) is 0 Å². The van der Waals surface area contributed by atoms with Crippen LogP contribution < -0.4 is 20.8 Å². The fourth-order valence-corrected chi connectivity index (χ4v) is 3.80. The molecule has 4 rings (SSSR count). The second-order valence-corrected chi connectivity index (χ2v) is 7.85. The van der Waals surface area contributed by atoms with Crippen molar-refractivity contribution in [2.24, 2.45) is 5.73 Å². The minimum atomic E-state index is -0.0842. The van der Waals surface area contributed by atoms with Crippen molar-refractivity contribution in [2.75, 3.05) is 14.2 Å². The van der Waals surface area contributed by atoms with E-state index in [0.717, 1.165) is 22.3 Å². The highest BCUT2D eigenvalue weighted by atomic mass is 16.5. The number of ether oxygens (including phenoxy) is 2. The van der Waals surface area contributed by atoms with Crippen molar-refractivity contribution in [3.8, 4) is 11.5 Å². The number of aryl methyl sites for hydroxylation is 1. The van der Waals surface area contributed by atoms with Crippen LogP contribution in [0.4, 0.5) is 0 Å². The number of hydrogen-bond donors (Lipinski definition) is 1. The predicted octanol–water partition coefficient (Wildman–Crippen LogP) is 4.40. The molecule has 3 aromatic carbocycles. The zero-order chi connectivity index (χ0) is 23.4. The highest BCUT2D eigenvalue weighted by Crippen LogP contribution is 2.26. The number of aromatic nitrogens is 2. The minimum absolute atomic E-state index is 0.0842. The molecular weight excluding hydrogens is 414 g/mol. The molecule has 0 aliphatic heterocycles. The van der Waals surface area contributed by atoms with Crippen LogP contribution in [0.3, 0.4) is 0 Å². The first-order valence-electron chi connectivity index (χ1n) is 10.7. The van der Waals surface area contributed by atoms with Crippen LogP contribution in [0.2, 0.25) is 0 Å². The average molecular weight is 442 g/mol. The quantitative estimate of drug-likeness (QED) is 0.460. The lowest BCUT2D eigenvalue weighted by Gasteiger charge is -2.13. The van der Waals surface area contributed by atoms with Crippen LogP contribution in [0.5, 0.6) is 11.5 Å². The lowest BCUT2D eigenvalue weighted by Crippen LogP contribution is -2.24. The fraction of sp³-hybridized carbons (Fsp3) is 0.185. The first-order valence-corrected chi connectivity index (χ1v) is 10.7. The summed E-state index contributed by atoms with van der Waals surface area (Å²) in [7, 11) is 3.24. The molecule has 0 atom stereocenters. The molecule has 0 radical (unpaired) electrons.